The van der Waals surface area contributed by atoms with Crippen molar-refractivity contribution in [2.45, 2.75) is 34.3 Å². The zero-order valence-electron chi connectivity index (χ0n) is 23.0. The van der Waals surface area contributed by atoms with Crippen LogP contribution in [0.5, 0.6) is 0 Å². The van der Waals surface area contributed by atoms with Crippen molar-refractivity contribution in [3.8, 4) is 11.3 Å². The molecule has 0 radical (unpaired) electrons. The van der Waals surface area contributed by atoms with Gasteiger partial charge in [0, 0.05) is 55.1 Å². The van der Waals surface area contributed by atoms with Crippen molar-refractivity contribution in [2.24, 2.45) is 0 Å². The number of fused-ring (bicyclic) bond motifs is 1. The van der Waals surface area contributed by atoms with Crippen molar-refractivity contribution < 1.29 is 14.5 Å². The van der Waals surface area contributed by atoms with Gasteiger partial charge in [-0.15, -0.1) is 0 Å². The number of aromatic amines is 1. The predicted molar refractivity (Wildman–Crippen MR) is 160 cm³/mol. The summed E-state index contributed by atoms with van der Waals surface area (Å²) >= 11 is 0. The number of H-pyrrole nitrogens is 1. The lowest BCUT2D eigenvalue weighted by atomic mass is 10.1. The number of benzene rings is 2. The van der Waals surface area contributed by atoms with E-state index in [4.69, 9.17) is 4.74 Å². The molecule has 0 saturated carbocycles. The van der Waals surface area contributed by atoms with E-state index in [0.29, 0.717) is 29.2 Å². The second kappa shape index (κ2) is 12.6. The van der Waals surface area contributed by atoms with Crippen LogP contribution in [0.2, 0.25) is 0 Å². The molecule has 2 heterocycles. The Labute approximate surface area is 234 Å². The summed E-state index contributed by atoms with van der Waals surface area (Å²) in [5.74, 6) is -0.337. The zero-order valence-corrected chi connectivity index (χ0v) is 23.0. The fourth-order valence-corrected chi connectivity index (χ4v) is 4.20. The molecule has 0 aliphatic heterocycles. The lowest BCUT2D eigenvalue weighted by molar-refractivity contribution is -0.384. The number of para-hydroxylation sites is 1. The standard InChI is InChI=1S/C28H33N7O4.CH4/c1-17(2)39-27(36)21-16-30-28(32-26(21)20-15-29-22-10-8-7-9-19(20)22)31-23-14-25(35(37)38)24(13-18(23)3)34(6)12-11-33(4)5;/h7-10,13-17,29H,11-12H2,1-6H3,(H,30,31,32);1H4. The number of aromatic nitrogens is 3. The van der Waals surface area contributed by atoms with Crippen LogP contribution in [-0.2, 0) is 4.74 Å². The number of esters is 1. The van der Waals surface area contributed by atoms with E-state index in [0.717, 1.165) is 23.0 Å². The van der Waals surface area contributed by atoms with E-state index in [1.165, 1.54) is 12.3 Å². The molecular formula is C29H37N7O4. The maximum atomic E-state index is 12.9. The highest BCUT2D eigenvalue weighted by atomic mass is 16.6. The fourth-order valence-electron chi connectivity index (χ4n) is 4.20. The maximum Gasteiger partial charge on any atom is 0.342 e. The van der Waals surface area contributed by atoms with Crippen LogP contribution >= 0.6 is 0 Å². The molecule has 0 atom stereocenters. The first-order chi connectivity index (χ1) is 18.5. The van der Waals surface area contributed by atoms with Crippen LogP contribution in [0.15, 0.2) is 48.8 Å². The highest BCUT2D eigenvalue weighted by molar-refractivity contribution is 6.02. The third kappa shape index (κ3) is 6.55. The normalized spacial score (nSPS) is 11.0. The van der Waals surface area contributed by atoms with Crippen LogP contribution in [-0.4, -0.2) is 71.1 Å². The number of rotatable bonds is 10. The zero-order chi connectivity index (χ0) is 28.3. The molecule has 11 nitrogen and oxygen atoms in total. The summed E-state index contributed by atoms with van der Waals surface area (Å²) in [6.07, 6.45) is 2.89. The number of carbonyl (C=O) groups excluding carboxylic acids is 1. The molecule has 2 aromatic carbocycles. The minimum atomic E-state index is -0.534. The largest absolute Gasteiger partial charge is 0.459 e. The molecule has 0 bridgehead atoms. The Morgan fingerprint density at radius 1 is 1.18 bits per heavy atom. The Hall–Kier alpha value is -4.51. The van der Waals surface area contributed by atoms with Crippen molar-refractivity contribution in [1.82, 2.24) is 19.9 Å². The van der Waals surface area contributed by atoms with E-state index >= 15 is 0 Å². The second-order valence-electron chi connectivity index (χ2n) is 9.92. The molecular weight excluding hydrogens is 510 g/mol. The summed E-state index contributed by atoms with van der Waals surface area (Å²) in [6.45, 7) is 6.80. The van der Waals surface area contributed by atoms with E-state index in [-0.39, 0.29) is 30.7 Å². The number of hydrogen-bond acceptors (Lipinski definition) is 9. The highest BCUT2D eigenvalue weighted by Gasteiger charge is 2.23. The van der Waals surface area contributed by atoms with E-state index in [2.05, 4.69) is 20.3 Å². The van der Waals surface area contributed by atoms with Gasteiger partial charge < -0.3 is 24.8 Å². The van der Waals surface area contributed by atoms with Gasteiger partial charge in [0.05, 0.1) is 22.4 Å². The summed E-state index contributed by atoms with van der Waals surface area (Å²) in [6, 6.07) is 11.0. The number of likely N-dealkylation sites (N-methyl/N-ethyl adjacent to an activating group) is 2. The molecule has 0 spiro atoms. The summed E-state index contributed by atoms with van der Waals surface area (Å²) in [5.41, 5.74) is 4.00. The van der Waals surface area contributed by atoms with Gasteiger partial charge in [-0.2, -0.15) is 0 Å². The van der Waals surface area contributed by atoms with Crippen molar-refractivity contribution in [3.05, 3.63) is 70.0 Å². The molecule has 0 aliphatic carbocycles. The van der Waals surface area contributed by atoms with Crippen molar-refractivity contribution in [3.63, 3.8) is 0 Å². The quantitative estimate of drug-likeness (QED) is 0.144. The molecule has 2 N–H and O–H groups in total. The van der Waals surface area contributed by atoms with Crippen molar-refractivity contribution in [1.29, 1.82) is 0 Å². The number of hydrogen-bond donors (Lipinski definition) is 2. The van der Waals surface area contributed by atoms with Crippen molar-refractivity contribution >= 4 is 39.9 Å². The average Bonchev–Trinajstić information content (AvgIpc) is 3.31. The van der Waals surface area contributed by atoms with Gasteiger partial charge in [0.25, 0.3) is 5.69 Å². The van der Waals surface area contributed by atoms with Gasteiger partial charge >= 0.3 is 5.97 Å². The van der Waals surface area contributed by atoms with Gasteiger partial charge in [0.15, 0.2) is 0 Å². The minimum absolute atomic E-state index is 0. The smallest absolute Gasteiger partial charge is 0.342 e. The topological polar surface area (TPSA) is 130 Å². The number of nitro groups is 1. The molecule has 0 unspecified atom stereocenters. The lowest BCUT2D eigenvalue weighted by Crippen LogP contribution is -2.29. The molecule has 212 valence electrons. The summed E-state index contributed by atoms with van der Waals surface area (Å²) in [4.78, 5) is 40.7. The number of anilines is 3. The molecule has 2 aromatic heterocycles. The highest BCUT2D eigenvalue weighted by Crippen LogP contribution is 2.35. The minimum Gasteiger partial charge on any atom is -0.459 e. The van der Waals surface area contributed by atoms with E-state index in [1.807, 2.05) is 62.1 Å². The Kier molecular flexibility index (Phi) is 9.43. The third-order valence-corrected chi connectivity index (χ3v) is 6.25. The monoisotopic (exact) mass is 547 g/mol. The van der Waals surface area contributed by atoms with Gasteiger partial charge in [0.2, 0.25) is 5.95 Å². The third-order valence-electron chi connectivity index (χ3n) is 6.25. The first-order valence-corrected chi connectivity index (χ1v) is 12.6. The molecule has 0 fully saturated rings. The van der Waals surface area contributed by atoms with E-state index < -0.39 is 10.9 Å². The number of ether oxygens (including phenoxy) is 1. The van der Waals surface area contributed by atoms with Crippen LogP contribution in [0.4, 0.5) is 23.0 Å². The number of nitro benzene ring substituents is 1. The van der Waals surface area contributed by atoms with Crippen LogP contribution in [0.3, 0.4) is 0 Å². The Morgan fingerprint density at radius 3 is 2.58 bits per heavy atom. The van der Waals surface area contributed by atoms with Gasteiger partial charge in [-0.3, -0.25) is 10.1 Å². The molecule has 4 aromatic rings. The molecule has 0 aliphatic rings. The first kappa shape index (κ1) is 30.0. The molecule has 40 heavy (non-hydrogen) atoms. The summed E-state index contributed by atoms with van der Waals surface area (Å²) in [7, 11) is 5.75. The summed E-state index contributed by atoms with van der Waals surface area (Å²) in [5, 5.41) is 16.0. The van der Waals surface area contributed by atoms with Gasteiger partial charge in [-0.25, -0.2) is 14.8 Å². The molecule has 0 saturated heterocycles. The van der Waals surface area contributed by atoms with Crippen LogP contribution in [0.1, 0.15) is 37.2 Å². The maximum absolute atomic E-state index is 12.9. The van der Waals surface area contributed by atoms with Gasteiger partial charge in [-0.1, -0.05) is 25.6 Å². The number of carbonyl (C=O) groups is 1. The Bertz CT molecular complexity index is 1510. The van der Waals surface area contributed by atoms with E-state index in [9.17, 15) is 14.9 Å². The number of nitrogens with one attached hydrogen (secondary N) is 2. The molecule has 11 heteroatoms. The average molecular weight is 548 g/mol. The predicted octanol–water partition coefficient (Wildman–Crippen LogP) is 5.78. The second-order valence-corrected chi connectivity index (χ2v) is 9.92. The van der Waals surface area contributed by atoms with Crippen LogP contribution in [0, 0.1) is 17.0 Å². The summed E-state index contributed by atoms with van der Waals surface area (Å²) < 4.78 is 5.44. The first-order valence-electron chi connectivity index (χ1n) is 12.6. The SMILES string of the molecule is C.Cc1cc(N(C)CCN(C)C)c([N+](=O)[O-])cc1Nc1ncc(C(=O)OC(C)C)c(-c2c[nH]c3ccccc23)n1. The fraction of sp³-hybridized carbons (Fsp3) is 0.345. The Balaban J connectivity index is 0.00000441. The van der Waals surface area contributed by atoms with Gasteiger partial charge in [0.1, 0.15) is 11.3 Å². The molecule has 4 rings (SSSR count). The van der Waals surface area contributed by atoms with Gasteiger partial charge in [-0.05, 0) is 52.6 Å². The number of aryl methyl sites for hydroxylation is 1. The molecule has 0 amide bonds. The van der Waals surface area contributed by atoms with E-state index in [1.54, 1.807) is 26.1 Å². The number of nitrogens with zero attached hydrogens (tertiary/aromatic N) is 5. The lowest BCUT2D eigenvalue weighted by Gasteiger charge is -2.22. The Morgan fingerprint density at radius 2 is 1.90 bits per heavy atom. The van der Waals surface area contributed by atoms with Crippen molar-refractivity contribution in [2.75, 3.05) is 44.4 Å². The van der Waals surface area contributed by atoms with Crippen LogP contribution < -0.4 is 10.2 Å². The van der Waals surface area contributed by atoms with Crippen LogP contribution in [0.25, 0.3) is 22.2 Å².